The number of hydrogen-bond donors (Lipinski definition) is 0. The summed E-state index contributed by atoms with van der Waals surface area (Å²) in [5, 5.41) is 31.7. The summed E-state index contributed by atoms with van der Waals surface area (Å²) < 4.78 is 2.24. The Kier molecular flexibility index (Phi) is 6.44. The van der Waals surface area contributed by atoms with Crippen LogP contribution in [0.25, 0.3) is 60.9 Å². The summed E-state index contributed by atoms with van der Waals surface area (Å²) in [6.45, 7) is 2.03. The van der Waals surface area contributed by atoms with E-state index in [-0.39, 0.29) is 0 Å². The maximum atomic E-state index is 10.0. The molecule has 0 bridgehead atoms. The Bertz CT molecular complexity index is 2260. The van der Waals surface area contributed by atoms with E-state index in [1.165, 1.54) is 0 Å². The van der Waals surface area contributed by atoms with E-state index >= 15 is 0 Å². The number of nitriles is 3. The van der Waals surface area contributed by atoms with Crippen LogP contribution < -0.4 is 0 Å². The molecule has 5 heteroatoms. The Labute approximate surface area is 254 Å². The molecule has 0 fully saturated rings. The van der Waals surface area contributed by atoms with Gasteiger partial charge in [0.25, 0.3) is 0 Å². The first-order valence-electron chi connectivity index (χ1n) is 14.1. The van der Waals surface area contributed by atoms with Crippen LogP contribution in [-0.4, -0.2) is 9.55 Å². The maximum absolute atomic E-state index is 10.0. The molecule has 5 nitrogen and oxygen atoms in total. The molecule has 0 N–H and O–H groups in total. The molecule has 7 aromatic rings. The predicted molar refractivity (Wildman–Crippen MR) is 174 cm³/mol. The van der Waals surface area contributed by atoms with Gasteiger partial charge in [-0.15, -0.1) is 0 Å². The Hall–Kier alpha value is -6.48. The first kappa shape index (κ1) is 26.4. The highest BCUT2D eigenvalue weighted by Gasteiger charge is 2.19. The monoisotopic (exact) mass is 561 g/mol. The zero-order valence-electron chi connectivity index (χ0n) is 23.8. The summed E-state index contributed by atoms with van der Waals surface area (Å²) in [5.74, 6) is 0. The van der Waals surface area contributed by atoms with E-state index in [1.807, 2.05) is 73.7 Å². The first-order valence-corrected chi connectivity index (χ1v) is 14.1. The highest BCUT2D eigenvalue weighted by Crippen LogP contribution is 2.40. The molecular formula is C39H23N5. The van der Waals surface area contributed by atoms with Gasteiger partial charge in [0.05, 0.1) is 45.9 Å². The first-order chi connectivity index (χ1) is 21.6. The number of aryl methyl sites for hydroxylation is 1. The van der Waals surface area contributed by atoms with Crippen molar-refractivity contribution in [3.05, 3.63) is 144 Å². The molecule has 0 radical (unpaired) electrons. The van der Waals surface area contributed by atoms with Crippen molar-refractivity contribution in [1.29, 1.82) is 15.8 Å². The molecule has 0 atom stereocenters. The average Bonchev–Trinajstić information content (AvgIpc) is 3.41. The fourth-order valence-electron chi connectivity index (χ4n) is 6.08. The topological polar surface area (TPSA) is 89.2 Å². The van der Waals surface area contributed by atoms with Gasteiger partial charge in [0, 0.05) is 34.4 Å². The molecule has 0 aliphatic heterocycles. The number of benzene rings is 5. The normalized spacial score (nSPS) is 10.8. The van der Waals surface area contributed by atoms with E-state index < -0.39 is 0 Å². The summed E-state index contributed by atoms with van der Waals surface area (Å²) >= 11 is 0. The lowest BCUT2D eigenvalue weighted by molar-refractivity contribution is 1.15. The lowest BCUT2D eigenvalue weighted by Crippen LogP contribution is -2.00. The van der Waals surface area contributed by atoms with Gasteiger partial charge in [-0.1, -0.05) is 48.5 Å². The number of aromatic nitrogens is 2. The molecular weight excluding hydrogens is 538 g/mol. The predicted octanol–water partition coefficient (Wildman–Crippen LogP) is 9.10. The van der Waals surface area contributed by atoms with Crippen molar-refractivity contribution in [1.82, 2.24) is 9.55 Å². The molecule has 0 amide bonds. The molecule has 2 heterocycles. The van der Waals surface area contributed by atoms with Crippen molar-refractivity contribution in [2.24, 2.45) is 0 Å². The van der Waals surface area contributed by atoms with E-state index in [1.54, 1.807) is 12.4 Å². The van der Waals surface area contributed by atoms with Crippen LogP contribution in [0.1, 0.15) is 22.3 Å². The number of pyridine rings is 1. The van der Waals surface area contributed by atoms with Crippen molar-refractivity contribution in [2.45, 2.75) is 6.92 Å². The van der Waals surface area contributed by atoms with Gasteiger partial charge < -0.3 is 4.57 Å². The van der Waals surface area contributed by atoms with Crippen LogP contribution in [0.2, 0.25) is 0 Å². The van der Waals surface area contributed by atoms with E-state index in [0.717, 1.165) is 66.4 Å². The Morgan fingerprint density at radius 3 is 1.57 bits per heavy atom. The zero-order valence-corrected chi connectivity index (χ0v) is 23.8. The molecule has 2 aromatic heterocycles. The van der Waals surface area contributed by atoms with Gasteiger partial charge in [-0.05, 0) is 101 Å². The Morgan fingerprint density at radius 2 is 1.05 bits per heavy atom. The standard InChI is InChI=1S/C39H23N5/c1-25-18-31(24-42)34(26-14-16-43-17-15-26)21-39(25)44-37-12-10-27(32-8-4-2-6-29(32)22-40)19-35(37)36-20-28(11-13-38(36)44)33-9-5-3-7-30(33)23-41/h2-21H,1H3. The molecule has 0 spiro atoms. The third-order valence-corrected chi connectivity index (χ3v) is 8.17. The van der Waals surface area contributed by atoms with Crippen molar-refractivity contribution in [2.75, 3.05) is 0 Å². The molecule has 5 aromatic carbocycles. The molecule has 7 rings (SSSR count). The number of nitrogens with zero attached hydrogens (tertiary/aromatic N) is 5. The summed E-state index contributed by atoms with van der Waals surface area (Å²) in [5.41, 5.74) is 11.2. The second kappa shape index (κ2) is 10.7. The van der Waals surface area contributed by atoms with Crippen LogP contribution >= 0.6 is 0 Å². The molecule has 0 saturated heterocycles. The summed E-state index contributed by atoms with van der Waals surface area (Å²) in [7, 11) is 0. The maximum Gasteiger partial charge on any atom is 0.0998 e. The van der Waals surface area contributed by atoms with Crippen molar-refractivity contribution >= 4 is 21.8 Å². The highest BCUT2D eigenvalue weighted by atomic mass is 15.0. The molecule has 204 valence electrons. The van der Waals surface area contributed by atoms with Crippen molar-refractivity contribution in [3.63, 3.8) is 0 Å². The lowest BCUT2D eigenvalue weighted by atomic mass is 9.96. The van der Waals surface area contributed by atoms with Crippen LogP contribution in [-0.2, 0) is 0 Å². The van der Waals surface area contributed by atoms with E-state index in [9.17, 15) is 15.8 Å². The third kappa shape index (κ3) is 4.27. The molecule has 0 saturated carbocycles. The van der Waals surface area contributed by atoms with E-state index in [0.29, 0.717) is 16.7 Å². The third-order valence-electron chi connectivity index (χ3n) is 8.17. The number of rotatable bonds is 4. The lowest BCUT2D eigenvalue weighted by Gasteiger charge is -2.15. The minimum atomic E-state index is 0.601. The van der Waals surface area contributed by atoms with Crippen LogP contribution in [0.5, 0.6) is 0 Å². The fraction of sp³-hybridized carbons (Fsp3) is 0.0256. The summed E-state index contributed by atoms with van der Waals surface area (Å²) in [6.07, 6.45) is 3.47. The molecule has 0 unspecified atom stereocenters. The number of hydrogen-bond acceptors (Lipinski definition) is 4. The van der Waals surface area contributed by atoms with E-state index in [2.05, 4.69) is 70.2 Å². The second-order valence-electron chi connectivity index (χ2n) is 10.6. The molecule has 0 aliphatic rings. The average molecular weight is 562 g/mol. The van der Waals surface area contributed by atoms with Gasteiger partial charge >= 0.3 is 0 Å². The second-order valence-corrected chi connectivity index (χ2v) is 10.6. The number of fused-ring (bicyclic) bond motifs is 3. The van der Waals surface area contributed by atoms with Gasteiger partial charge in [-0.25, -0.2) is 0 Å². The molecule has 44 heavy (non-hydrogen) atoms. The summed E-state index contributed by atoms with van der Waals surface area (Å²) in [4.78, 5) is 4.16. The largest absolute Gasteiger partial charge is 0.309 e. The van der Waals surface area contributed by atoms with Crippen molar-refractivity contribution in [3.8, 4) is 57.3 Å². The smallest absolute Gasteiger partial charge is 0.0998 e. The van der Waals surface area contributed by atoms with E-state index in [4.69, 9.17) is 0 Å². The van der Waals surface area contributed by atoms with Gasteiger partial charge in [0.2, 0.25) is 0 Å². The van der Waals surface area contributed by atoms with Crippen LogP contribution in [0.3, 0.4) is 0 Å². The van der Waals surface area contributed by atoms with Gasteiger partial charge in [0.15, 0.2) is 0 Å². The minimum Gasteiger partial charge on any atom is -0.309 e. The van der Waals surface area contributed by atoms with Crippen LogP contribution in [0.15, 0.2) is 122 Å². The van der Waals surface area contributed by atoms with Gasteiger partial charge in [0.1, 0.15) is 0 Å². The summed E-state index contributed by atoms with van der Waals surface area (Å²) in [6, 6.07) is 42.7. The van der Waals surface area contributed by atoms with Gasteiger partial charge in [-0.3, -0.25) is 4.98 Å². The minimum absolute atomic E-state index is 0.601. The zero-order chi connectivity index (χ0) is 30.2. The van der Waals surface area contributed by atoms with Crippen LogP contribution in [0.4, 0.5) is 0 Å². The van der Waals surface area contributed by atoms with Crippen molar-refractivity contribution < 1.29 is 0 Å². The SMILES string of the molecule is Cc1cc(C#N)c(-c2ccncc2)cc1-n1c2ccc(-c3ccccc3C#N)cc2c2cc(-c3ccccc3C#N)ccc21. The van der Waals surface area contributed by atoms with Crippen LogP contribution in [0, 0.1) is 40.9 Å². The van der Waals surface area contributed by atoms with Gasteiger partial charge in [-0.2, -0.15) is 15.8 Å². The molecule has 0 aliphatic carbocycles. The fourth-order valence-corrected chi connectivity index (χ4v) is 6.08. The Morgan fingerprint density at radius 1 is 0.523 bits per heavy atom. The quantitative estimate of drug-likeness (QED) is 0.214. The highest BCUT2D eigenvalue weighted by molar-refractivity contribution is 6.12. The Balaban J connectivity index is 1.56.